The molecule has 5 atom stereocenters. The zero-order chi connectivity index (χ0) is 16.3. The van der Waals surface area contributed by atoms with E-state index < -0.39 is 18.0 Å². The first kappa shape index (κ1) is 17.7. The second-order valence-corrected chi connectivity index (χ2v) is 7.13. The molecule has 2 fully saturated rings. The average Bonchev–Trinajstić information content (AvgIpc) is 3.10. The van der Waals surface area contributed by atoms with Crippen LogP contribution < -0.4 is 0 Å². The zero-order valence-corrected chi connectivity index (χ0v) is 13.9. The molecule has 0 spiro atoms. The summed E-state index contributed by atoms with van der Waals surface area (Å²) in [6.07, 6.45) is 2.00. The highest BCUT2D eigenvalue weighted by Gasteiger charge is 2.50. The standard InChI is InChI=1S/C16H28O6/c1-10(7-5-6-8-13(18)22-16(2,3)4)19-14-11(17)9-12-15(20-12)21-14/h10-12,14-15,17H,5-9H2,1-4H3/t10?,11-,12+,14+,15?/m0/s1. The van der Waals surface area contributed by atoms with Gasteiger partial charge in [0.2, 0.25) is 0 Å². The molecule has 2 aliphatic heterocycles. The Morgan fingerprint density at radius 3 is 2.73 bits per heavy atom. The molecule has 0 saturated carbocycles. The monoisotopic (exact) mass is 316 g/mol. The molecule has 22 heavy (non-hydrogen) atoms. The second-order valence-electron chi connectivity index (χ2n) is 7.13. The molecule has 6 heteroatoms. The highest BCUT2D eigenvalue weighted by Crippen LogP contribution is 2.36. The molecule has 6 nitrogen and oxygen atoms in total. The van der Waals surface area contributed by atoms with Gasteiger partial charge in [0.05, 0.1) is 6.10 Å². The molecule has 1 N–H and O–H groups in total. The second kappa shape index (κ2) is 7.25. The van der Waals surface area contributed by atoms with Gasteiger partial charge in [0.15, 0.2) is 12.6 Å². The first-order chi connectivity index (χ1) is 10.2. The largest absolute Gasteiger partial charge is 0.460 e. The summed E-state index contributed by atoms with van der Waals surface area (Å²) in [7, 11) is 0. The molecule has 2 rings (SSSR count). The van der Waals surface area contributed by atoms with Gasteiger partial charge in [-0.2, -0.15) is 0 Å². The van der Waals surface area contributed by atoms with Gasteiger partial charge in [0.1, 0.15) is 17.8 Å². The number of hydrogen-bond acceptors (Lipinski definition) is 6. The Bertz CT molecular complexity index is 377. The van der Waals surface area contributed by atoms with Gasteiger partial charge in [-0.05, 0) is 40.5 Å². The molecule has 2 unspecified atom stereocenters. The van der Waals surface area contributed by atoms with Crippen molar-refractivity contribution in [1.82, 2.24) is 0 Å². The van der Waals surface area contributed by atoms with Crippen LogP contribution in [0.25, 0.3) is 0 Å². The van der Waals surface area contributed by atoms with E-state index in [4.69, 9.17) is 18.9 Å². The fourth-order valence-corrected chi connectivity index (χ4v) is 2.50. The lowest BCUT2D eigenvalue weighted by Crippen LogP contribution is -2.40. The van der Waals surface area contributed by atoms with Crippen molar-refractivity contribution in [2.45, 2.75) is 96.3 Å². The Morgan fingerprint density at radius 2 is 2.05 bits per heavy atom. The molecule has 128 valence electrons. The number of unbranched alkanes of at least 4 members (excludes halogenated alkanes) is 1. The van der Waals surface area contributed by atoms with Crippen LogP contribution in [-0.2, 0) is 23.7 Å². The van der Waals surface area contributed by atoms with E-state index in [0.29, 0.717) is 12.8 Å². The van der Waals surface area contributed by atoms with E-state index in [2.05, 4.69) is 0 Å². The molecule has 2 saturated heterocycles. The number of carbonyl (C=O) groups excluding carboxylic acids is 1. The van der Waals surface area contributed by atoms with Gasteiger partial charge in [-0.3, -0.25) is 4.79 Å². The van der Waals surface area contributed by atoms with Crippen molar-refractivity contribution in [2.75, 3.05) is 0 Å². The average molecular weight is 316 g/mol. The maximum Gasteiger partial charge on any atom is 0.306 e. The third-order valence-electron chi connectivity index (χ3n) is 3.62. The highest BCUT2D eigenvalue weighted by molar-refractivity contribution is 5.69. The lowest BCUT2D eigenvalue weighted by molar-refractivity contribution is -0.239. The fraction of sp³-hybridized carbons (Fsp3) is 0.938. The van der Waals surface area contributed by atoms with Crippen LogP contribution >= 0.6 is 0 Å². The van der Waals surface area contributed by atoms with Crippen LogP contribution in [0.4, 0.5) is 0 Å². The van der Waals surface area contributed by atoms with Gasteiger partial charge in [0.25, 0.3) is 0 Å². The fourth-order valence-electron chi connectivity index (χ4n) is 2.50. The number of hydrogen-bond donors (Lipinski definition) is 1. The molecule has 0 bridgehead atoms. The van der Waals surface area contributed by atoms with Crippen molar-refractivity contribution in [3.8, 4) is 0 Å². The Morgan fingerprint density at radius 1 is 1.32 bits per heavy atom. The molecule has 0 aromatic carbocycles. The number of ether oxygens (including phenoxy) is 4. The van der Waals surface area contributed by atoms with E-state index in [0.717, 1.165) is 19.3 Å². The van der Waals surface area contributed by atoms with E-state index >= 15 is 0 Å². The van der Waals surface area contributed by atoms with Crippen molar-refractivity contribution < 1.29 is 28.8 Å². The first-order valence-electron chi connectivity index (χ1n) is 8.11. The molecular formula is C16H28O6. The molecule has 0 amide bonds. The lowest BCUT2D eigenvalue weighted by atomic mass is 10.1. The molecule has 0 radical (unpaired) electrons. The number of esters is 1. The van der Waals surface area contributed by atoms with Crippen molar-refractivity contribution in [3.63, 3.8) is 0 Å². The summed E-state index contributed by atoms with van der Waals surface area (Å²) in [5.41, 5.74) is -0.426. The molecule has 0 aliphatic carbocycles. The zero-order valence-electron chi connectivity index (χ0n) is 13.9. The van der Waals surface area contributed by atoms with Crippen molar-refractivity contribution in [2.24, 2.45) is 0 Å². The van der Waals surface area contributed by atoms with Crippen LogP contribution in [0.5, 0.6) is 0 Å². The minimum atomic E-state index is -0.632. The Hall–Kier alpha value is -0.690. The van der Waals surface area contributed by atoms with Gasteiger partial charge in [-0.1, -0.05) is 6.42 Å². The normalized spacial score (nSPS) is 32.2. The quantitative estimate of drug-likeness (QED) is 0.440. The Balaban J connectivity index is 1.56. The summed E-state index contributed by atoms with van der Waals surface area (Å²) >= 11 is 0. The minimum absolute atomic E-state index is 0.0337. The summed E-state index contributed by atoms with van der Waals surface area (Å²) in [4.78, 5) is 11.6. The van der Waals surface area contributed by atoms with Crippen LogP contribution in [0.3, 0.4) is 0 Å². The maximum atomic E-state index is 11.6. The van der Waals surface area contributed by atoms with E-state index in [9.17, 15) is 9.90 Å². The van der Waals surface area contributed by atoms with Crippen molar-refractivity contribution in [3.05, 3.63) is 0 Å². The van der Waals surface area contributed by atoms with Gasteiger partial charge >= 0.3 is 5.97 Å². The van der Waals surface area contributed by atoms with E-state index in [1.54, 1.807) is 0 Å². The van der Waals surface area contributed by atoms with E-state index in [1.807, 2.05) is 27.7 Å². The van der Waals surface area contributed by atoms with Gasteiger partial charge in [0, 0.05) is 12.8 Å². The minimum Gasteiger partial charge on any atom is -0.460 e. The van der Waals surface area contributed by atoms with Gasteiger partial charge < -0.3 is 24.1 Å². The lowest BCUT2D eigenvalue weighted by Gasteiger charge is -2.28. The number of aliphatic hydroxyl groups is 1. The predicted octanol–water partition coefficient (Wildman–Crippen LogP) is 2.13. The first-order valence-corrected chi connectivity index (χ1v) is 8.11. The number of epoxide rings is 1. The molecule has 2 heterocycles. The highest BCUT2D eigenvalue weighted by atomic mass is 16.8. The van der Waals surface area contributed by atoms with Crippen LogP contribution in [-0.4, -0.2) is 47.6 Å². The summed E-state index contributed by atoms with van der Waals surface area (Å²) in [5, 5.41) is 9.88. The molecular weight excluding hydrogens is 288 g/mol. The predicted molar refractivity (Wildman–Crippen MR) is 79.0 cm³/mol. The van der Waals surface area contributed by atoms with Crippen LogP contribution in [0.2, 0.25) is 0 Å². The maximum absolute atomic E-state index is 11.6. The third kappa shape index (κ3) is 5.83. The SMILES string of the molecule is CC(CCCCC(=O)OC(C)(C)C)O[C@@H]1OC2O[C@@H]2C[C@@H]1O. The van der Waals surface area contributed by atoms with Gasteiger partial charge in [-0.15, -0.1) is 0 Å². The number of fused-ring (bicyclic) bond motifs is 1. The summed E-state index contributed by atoms with van der Waals surface area (Å²) < 4.78 is 21.7. The Labute approximate surface area is 132 Å². The molecule has 2 aliphatic rings. The molecule has 0 aromatic heterocycles. The van der Waals surface area contributed by atoms with Gasteiger partial charge in [-0.25, -0.2) is 0 Å². The molecule has 0 aromatic rings. The van der Waals surface area contributed by atoms with E-state index in [-0.39, 0.29) is 24.5 Å². The van der Waals surface area contributed by atoms with Crippen LogP contribution in [0.1, 0.15) is 59.8 Å². The van der Waals surface area contributed by atoms with Crippen molar-refractivity contribution >= 4 is 5.97 Å². The summed E-state index contributed by atoms with van der Waals surface area (Å²) in [5.74, 6) is -0.163. The van der Waals surface area contributed by atoms with Crippen LogP contribution in [0, 0.1) is 0 Å². The number of carbonyl (C=O) groups is 1. The van der Waals surface area contributed by atoms with E-state index in [1.165, 1.54) is 0 Å². The topological polar surface area (TPSA) is 77.5 Å². The summed E-state index contributed by atoms with van der Waals surface area (Å²) in [6, 6.07) is 0. The summed E-state index contributed by atoms with van der Waals surface area (Å²) in [6.45, 7) is 7.54. The number of rotatable bonds is 7. The smallest absolute Gasteiger partial charge is 0.306 e. The number of aliphatic hydroxyl groups excluding tert-OH is 1. The van der Waals surface area contributed by atoms with Crippen molar-refractivity contribution in [1.29, 1.82) is 0 Å². The Kier molecular flexibility index (Phi) is 5.82. The third-order valence-corrected chi connectivity index (χ3v) is 3.62. The van der Waals surface area contributed by atoms with Crippen LogP contribution in [0.15, 0.2) is 0 Å².